The lowest BCUT2D eigenvalue weighted by molar-refractivity contribution is -0.154. The molecule has 0 spiro atoms. The van der Waals surface area contributed by atoms with Crippen molar-refractivity contribution in [1.82, 2.24) is 10.0 Å². The highest BCUT2D eigenvalue weighted by Gasteiger charge is 2.18. The summed E-state index contributed by atoms with van der Waals surface area (Å²) in [6.07, 6.45) is -1.26. The molecule has 1 atom stereocenters. The summed E-state index contributed by atoms with van der Waals surface area (Å²) in [6, 6.07) is 13.4. The van der Waals surface area contributed by atoms with Crippen LogP contribution in [-0.4, -0.2) is 32.9 Å². The number of hydrogen-bond acceptors (Lipinski definition) is 5. The second-order valence-electron chi connectivity index (χ2n) is 5.94. The number of hydrogen-bond donors (Lipinski definition) is 2. The van der Waals surface area contributed by atoms with Gasteiger partial charge in [0.05, 0.1) is 11.3 Å². The number of ether oxygens (including phenoxy) is 1. The highest BCUT2D eigenvalue weighted by molar-refractivity contribution is 7.89. The van der Waals surface area contributed by atoms with Gasteiger partial charge in [0.1, 0.15) is 5.82 Å². The summed E-state index contributed by atoms with van der Waals surface area (Å²) in [5.41, 5.74) is 0.698. The van der Waals surface area contributed by atoms with Crippen molar-refractivity contribution in [3.63, 3.8) is 0 Å². The average molecular weight is 408 g/mol. The van der Waals surface area contributed by atoms with Gasteiger partial charge in [0.25, 0.3) is 5.91 Å². The van der Waals surface area contributed by atoms with Crippen LogP contribution in [0.3, 0.4) is 0 Å². The number of nitrogens with one attached hydrogen (secondary N) is 2. The van der Waals surface area contributed by atoms with Crippen LogP contribution in [0, 0.1) is 5.82 Å². The Kier molecular flexibility index (Phi) is 7.65. The van der Waals surface area contributed by atoms with Crippen molar-refractivity contribution in [2.45, 2.75) is 30.9 Å². The van der Waals surface area contributed by atoms with Crippen molar-refractivity contribution in [3.05, 3.63) is 66.0 Å². The van der Waals surface area contributed by atoms with E-state index in [0.717, 1.165) is 0 Å². The molecule has 28 heavy (non-hydrogen) atoms. The minimum atomic E-state index is -3.71. The minimum absolute atomic E-state index is 0.0944. The van der Waals surface area contributed by atoms with Crippen LogP contribution < -0.4 is 10.0 Å². The molecule has 0 aliphatic rings. The van der Waals surface area contributed by atoms with E-state index in [9.17, 15) is 22.4 Å². The number of sulfonamides is 1. The maximum atomic E-state index is 12.8. The molecule has 2 aromatic carbocycles. The Morgan fingerprint density at radius 1 is 1.07 bits per heavy atom. The fraction of sp³-hybridized carbons (Fsp3) is 0.263. The van der Waals surface area contributed by atoms with E-state index in [1.807, 2.05) is 0 Å². The lowest BCUT2D eigenvalue weighted by atomic mass is 10.2. The number of rotatable bonds is 9. The fourth-order valence-corrected chi connectivity index (χ4v) is 3.27. The first kappa shape index (κ1) is 21.5. The number of halogens is 1. The molecule has 150 valence electrons. The highest BCUT2D eigenvalue weighted by atomic mass is 32.2. The van der Waals surface area contributed by atoms with E-state index in [1.54, 1.807) is 18.2 Å². The van der Waals surface area contributed by atoms with E-state index >= 15 is 0 Å². The van der Waals surface area contributed by atoms with Crippen LogP contribution in [-0.2, 0) is 30.9 Å². The van der Waals surface area contributed by atoms with Gasteiger partial charge in [-0.2, -0.15) is 0 Å². The lowest BCUT2D eigenvalue weighted by Gasteiger charge is -2.14. The van der Waals surface area contributed by atoms with Gasteiger partial charge in [-0.3, -0.25) is 9.59 Å². The Bertz CT molecular complexity index is 902. The maximum absolute atomic E-state index is 12.8. The second-order valence-corrected chi connectivity index (χ2v) is 7.70. The zero-order chi connectivity index (χ0) is 20.6. The Balaban J connectivity index is 1.72. The summed E-state index contributed by atoms with van der Waals surface area (Å²) in [6.45, 7) is 1.42. The molecule has 0 aliphatic heterocycles. The molecular formula is C19H21FN2O5S. The molecule has 0 saturated heterocycles. The molecule has 9 heteroatoms. The van der Waals surface area contributed by atoms with Crippen molar-refractivity contribution in [3.8, 4) is 0 Å². The summed E-state index contributed by atoms with van der Waals surface area (Å²) < 4.78 is 44.2. The van der Waals surface area contributed by atoms with E-state index in [-0.39, 0.29) is 30.2 Å². The molecule has 2 rings (SSSR count). The molecule has 1 amide bonds. The van der Waals surface area contributed by atoms with Crippen molar-refractivity contribution in [2.24, 2.45) is 0 Å². The summed E-state index contributed by atoms with van der Waals surface area (Å²) in [4.78, 5) is 23.9. The van der Waals surface area contributed by atoms with Gasteiger partial charge in [-0.15, -0.1) is 0 Å². The van der Waals surface area contributed by atoms with Gasteiger partial charge in [-0.25, -0.2) is 17.5 Å². The van der Waals surface area contributed by atoms with Gasteiger partial charge < -0.3 is 10.1 Å². The zero-order valence-electron chi connectivity index (χ0n) is 15.2. The van der Waals surface area contributed by atoms with Gasteiger partial charge in [-0.05, 0) is 36.8 Å². The van der Waals surface area contributed by atoms with Crippen LogP contribution in [0.25, 0.3) is 0 Å². The summed E-state index contributed by atoms with van der Waals surface area (Å²) in [5.74, 6) is -1.59. The maximum Gasteiger partial charge on any atom is 0.307 e. The molecule has 0 bridgehead atoms. The standard InChI is InChI=1S/C19H21FN2O5S/c1-14(19(24)21-13-15-7-9-16(20)10-8-15)27-18(23)11-12-22-28(25,26)17-5-3-2-4-6-17/h2-10,14,22H,11-13H2,1H3,(H,21,24)/t14-/m1/s1. The third-order valence-electron chi connectivity index (χ3n) is 3.73. The Morgan fingerprint density at radius 3 is 2.36 bits per heavy atom. The number of esters is 1. The Morgan fingerprint density at radius 2 is 1.71 bits per heavy atom. The first-order chi connectivity index (χ1) is 13.3. The van der Waals surface area contributed by atoms with E-state index in [0.29, 0.717) is 5.56 Å². The van der Waals surface area contributed by atoms with E-state index in [4.69, 9.17) is 4.74 Å². The third kappa shape index (κ3) is 6.75. The van der Waals surface area contributed by atoms with Gasteiger partial charge in [0.15, 0.2) is 6.10 Å². The van der Waals surface area contributed by atoms with E-state index in [2.05, 4.69) is 10.0 Å². The number of benzene rings is 2. The van der Waals surface area contributed by atoms with Crippen LogP contribution in [0.2, 0.25) is 0 Å². The zero-order valence-corrected chi connectivity index (χ0v) is 16.0. The highest BCUT2D eigenvalue weighted by Crippen LogP contribution is 2.07. The lowest BCUT2D eigenvalue weighted by Crippen LogP contribution is -2.36. The quantitative estimate of drug-likeness (QED) is 0.616. The van der Waals surface area contributed by atoms with E-state index < -0.39 is 28.0 Å². The minimum Gasteiger partial charge on any atom is -0.453 e. The predicted molar refractivity (Wildman–Crippen MR) is 100 cm³/mol. The Labute approximate surface area is 163 Å². The molecule has 7 nitrogen and oxygen atoms in total. The topological polar surface area (TPSA) is 102 Å². The van der Waals surface area contributed by atoms with Crippen LogP contribution in [0.5, 0.6) is 0 Å². The molecule has 2 N–H and O–H groups in total. The van der Waals surface area contributed by atoms with Crippen LogP contribution in [0.4, 0.5) is 4.39 Å². The summed E-state index contributed by atoms with van der Waals surface area (Å²) >= 11 is 0. The molecule has 0 aromatic heterocycles. The number of amides is 1. The van der Waals surface area contributed by atoms with Gasteiger partial charge in [0, 0.05) is 13.1 Å². The fourth-order valence-electron chi connectivity index (χ4n) is 2.22. The summed E-state index contributed by atoms with van der Waals surface area (Å²) in [7, 11) is -3.71. The average Bonchev–Trinajstić information content (AvgIpc) is 2.67. The molecule has 0 heterocycles. The first-order valence-electron chi connectivity index (χ1n) is 8.54. The number of carbonyl (C=O) groups excluding carboxylic acids is 2. The molecular weight excluding hydrogens is 387 g/mol. The number of carbonyl (C=O) groups is 2. The molecule has 2 aromatic rings. The summed E-state index contributed by atoms with van der Waals surface area (Å²) in [5, 5.41) is 2.58. The van der Waals surface area contributed by atoms with Gasteiger partial charge in [0.2, 0.25) is 10.0 Å². The molecule has 0 fully saturated rings. The molecule has 0 saturated carbocycles. The Hall–Kier alpha value is -2.78. The normalized spacial score (nSPS) is 12.2. The molecule has 0 radical (unpaired) electrons. The monoisotopic (exact) mass is 408 g/mol. The van der Waals surface area contributed by atoms with Crippen LogP contribution in [0.15, 0.2) is 59.5 Å². The van der Waals surface area contributed by atoms with Crippen LogP contribution >= 0.6 is 0 Å². The smallest absolute Gasteiger partial charge is 0.307 e. The molecule has 0 aliphatic carbocycles. The largest absolute Gasteiger partial charge is 0.453 e. The van der Waals surface area contributed by atoms with Crippen LogP contribution in [0.1, 0.15) is 18.9 Å². The van der Waals surface area contributed by atoms with Crippen molar-refractivity contribution < 1.29 is 27.1 Å². The van der Waals surface area contributed by atoms with E-state index in [1.165, 1.54) is 43.3 Å². The van der Waals surface area contributed by atoms with Crippen molar-refractivity contribution >= 4 is 21.9 Å². The van der Waals surface area contributed by atoms with Crippen molar-refractivity contribution in [2.75, 3.05) is 6.54 Å². The van der Waals surface area contributed by atoms with Gasteiger partial charge >= 0.3 is 5.97 Å². The molecule has 0 unspecified atom stereocenters. The van der Waals surface area contributed by atoms with Crippen molar-refractivity contribution in [1.29, 1.82) is 0 Å². The van der Waals surface area contributed by atoms with Gasteiger partial charge in [-0.1, -0.05) is 30.3 Å². The third-order valence-corrected chi connectivity index (χ3v) is 5.21. The predicted octanol–water partition coefficient (Wildman–Crippen LogP) is 1.74. The first-order valence-corrected chi connectivity index (χ1v) is 10.0. The SMILES string of the molecule is C[C@@H](OC(=O)CCNS(=O)(=O)c1ccccc1)C(=O)NCc1ccc(F)cc1. The second kappa shape index (κ2) is 9.95.